The van der Waals surface area contributed by atoms with Crippen molar-refractivity contribution in [2.45, 2.75) is 31.7 Å². The Morgan fingerprint density at radius 3 is 2.60 bits per heavy atom. The summed E-state index contributed by atoms with van der Waals surface area (Å²) in [5.74, 6) is -1.06. The molecule has 0 spiro atoms. The van der Waals surface area contributed by atoms with Crippen LogP contribution in [0.1, 0.15) is 36.0 Å². The van der Waals surface area contributed by atoms with E-state index in [0.29, 0.717) is 10.2 Å². The highest BCUT2D eigenvalue weighted by molar-refractivity contribution is 9.10. The summed E-state index contributed by atoms with van der Waals surface area (Å²) in [4.78, 5) is 25.1. The molecule has 1 fully saturated rings. The predicted molar refractivity (Wildman–Crippen MR) is 80.1 cm³/mol. The molecule has 108 valence electrons. The Kier molecular flexibility index (Phi) is 4.65. The standard InChI is InChI=1S/C14H17BrN2O3/c1-17(9-5-2-3-6-9)14(20)16-12-10(13(18)19)7-4-8-11(12)15/h4,7-9H,2-3,5-6H2,1H3,(H,16,20)(H,18,19). The molecule has 6 heteroatoms. The van der Waals surface area contributed by atoms with Crippen molar-refractivity contribution < 1.29 is 14.7 Å². The normalized spacial score (nSPS) is 15.1. The van der Waals surface area contributed by atoms with Crippen LogP contribution in [-0.2, 0) is 0 Å². The quantitative estimate of drug-likeness (QED) is 0.883. The number of anilines is 1. The number of hydrogen-bond acceptors (Lipinski definition) is 2. The maximum Gasteiger partial charge on any atom is 0.337 e. The van der Waals surface area contributed by atoms with Gasteiger partial charge in [0, 0.05) is 17.6 Å². The Morgan fingerprint density at radius 2 is 2.00 bits per heavy atom. The Morgan fingerprint density at radius 1 is 1.35 bits per heavy atom. The monoisotopic (exact) mass is 340 g/mol. The van der Waals surface area contributed by atoms with Crippen molar-refractivity contribution in [1.82, 2.24) is 4.90 Å². The number of urea groups is 1. The van der Waals surface area contributed by atoms with Crippen molar-refractivity contribution in [1.29, 1.82) is 0 Å². The summed E-state index contributed by atoms with van der Waals surface area (Å²) >= 11 is 3.28. The lowest BCUT2D eigenvalue weighted by molar-refractivity contribution is 0.0698. The third-order valence-electron chi connectivity index (χ3n) is 3.67. The second kappa shape index (κ2) is 6.26. The highest BCUT2D eigenvalue weighted by Crippen LogP contribution is 2.28. The van der Waals surface area contributed by atoms with E-state index in [9.17, 15) is 9.59 Å². The number of amides is 2. The van der Waals surface area contributed by atoms with Crippen LogP contribution in [0.4, 0.5) is 10.5 Å². The molecule has 2 rings (SSSR count). The van der Waals surface area contributed by atoms with Crippen molar-refractivity contribution >= 4 is 33.6 Å². The summed E-state index contributed by atoms with van der Waals surface area (Å²) in [7, 11) is 1.75. The van der Waals surface area contributed by atoms with Gasteiger partial charge in [0.2, 0.25) is 0 Å². The van der Waals surface area contributed by atoms with Gasteiger partial charge in [0.15, 0.2) is 0 Å². The van der Waals surface area contributed by atoms with Crippen LogP contribution in [-0.4, -0.2) is 35.1 Å². The number of carbonyl (C=O) groups excluding carboxylic acids is 1. The molecule has 0 unspecified atom stereocenters. The second-order valence-electron chi connectivity index (χ2n) is 4.95. The first-order valence-corrected chi connectivity index (χ1v) is 7.35. The van der Waals surface area contributed by atoms with E-state index in [1.165, 1.54) is 6.07 Å². The van der Waals surface area contributed by atoms with Gasteiger partial charge in [-0.2, -0.15) is 0 Å². The Hall–Kier alpha value is -1.56. The molecule has 1 aromatic rings. The fourth-order valence-electron chi connectivity index (χ4n) is 2.48. The van der Waals surface area contributed by atoms with Crippen LogP contribution in [0.2, 0.25) is 0 Å². The number of nitrogens with one attached hydrogen (secondary N) is 1. The minimum absolute atomic E-state index is 0.0764. The van der Waals surface area contributed by atoms with E-state index in [0.717, 1.165) is 25.7 Å². The van der Waals surface area contributed by atoms with Gasteiger partial charge in [-0.1, -0.05) is 18.9 Å². The molecule has 0 saturated heterocycles. The van der Waals surface area contributed by atoms with Gasteiger partial charge in [-0.05, 0) is 40.9 Å². The first-order chi connectivity index (χ1) is 9.50. The lowest BCUT2D eigenvalue weighted by Gasteiger charge is -2.25. The van der Waals surface area contributed by atoms with Crippen molar-refractivity contribution in [3.63, 3.8) is 0 Å². The van der Waals surface area contributed by atoms with Gasteiger partial charge >= 0.3 is 12.0 Å². The summed E-state index contributed by atoms with van der Waals surface area (Å²) < 4.78 is 0.561. The molecule has 1 aliphatic carbocycles. The van der Waals surface area contributed by atoms with Gasteiger partial charge < -0.3 is 15.3 Å². The number of halogens is 1. The van der Waals surface area contributed by atoms with E-state index < -0.39 is 5.97 Å². The molecule has 5 nitrogen and oxygen atoms in total. The minimum atomic E-state index is -1.06. The van der Waals surface area contributed by atoms with E-state index in [1.54, 1.807) is 24.1 Å². The van der Waals surface area contributed by atoms with E-state index in [1.807, 2.05) is 0 Å². The molecule has 0 heterocycles. The van der Waals surface area contributed by atoms with Gasteiger partial charge in [0.05, 0.1) is 11.3 Å². The van der Waals surface area contributed by atoms with Gasteiger partial charge in [-0.25, -0.2) is 9.59 Å². The summed E-state index contributed by atoms with van der Waals surface area (Å²) in [5, 5.41) is 11.9. The van der Waals surface area contributed by atoms with E-state index in [-0.39, 0.29) is 17.6 Å². The van der Waals surface area contributed by atoms with Crippen molar-refractivity contribution in [3.8, 4) is 0 Å². The molecule has 0 radical (unpaired) electrons. The zero-order chi connectivity index (χ0) is 14.7. The summed E-state index contributed by atoms with van der Waals surface area (Å²) in [6, 6.07) is 4.77. The number of carboxylic acid groups (broad SMARTS) is 1. The van der Waals surface area contributed by atoms with Crippen molar-refractivity contribution in [3.05, 3.63) is 28.2 Å². The molecule has 1 aliphatic rings. The van der Waals surface area contributed by atoms with Crippen LogP contribution in [0.15, 0.2) is 22.7 Å². The second-order valence-corrected chi connectivity index (χ2v) is 5.80. The SMILES string of the molecule is CN(C(=O)Nc1c(Br)cccc1C(=O)O)C1CCCC1. The number of para-hydroxylation sites is 1. The molecule has 2 N–H and O–H groups in total. The fourth-order valence-corrected chi connectivity index (χ4v) is 2.95. The number of benzene rings is 1. The summed E-state index contributed by atoms with van der Waals surface area (Å²) in [6.45, 7) is 0. The topological polar surface area (TPSA) is 69.6 Å². The van der Waals surface area contributed by atoms with E-state index in [2.05, 4.69) is 21.2 Å². The molecule has 20 heavy (non-hydrogen) atoms. The molecule has 0 bridgehead atoms. The zero-order valence-electron chi connectivity index (χ0n) is 11.2. The van der Waals surface area contributed by atoms with Gasteiger partial charge in [-0.3, -0.25) is 0 Å². The fraction of sp³-hybridized carbons (Fsp3) is 0.429. The predicted octanol–water partition coefficient (Wildman–Crippen LogP) is 3.55. The van der Waals surface area contributed by atoms with Crippen LogP contribution in [0.25, 0.3) is 0 Å². The molecule has 0 atom stereocenters. The number of hydrogen-bond donors (Lipinski definition) is 2. The third kappa shape index (κ3) is 3.12. The molecule has 0 aromatic heterocycles. The first-order valence-electron chi connectivity index (χ1n) is 6.56. The number of rotatable bonds is 3. The van der Waals surface area contributed by atoms with Crippen LogP contribution in [0, 0.1) is 0 Å². The van der Waals surface area contributed by atoms with Crippen LogP contribution in [0.5, 0.6) is 0 Å². The lowest BCUT2D eigenvalue weighted by atomic mass is 10.2. The minimum Gasteiger partial charge on any atom is -0.478 e. The Bertz CT molecular complexity index is 527. The average molecular weight is 341 g/mol. The number of carbonyl (C=O) groups is 2. The largest absolute Gasteiger partial charge is 0.478 e. The van der Waals surface area contributed by atoms with E-state index in [4.69, 9.17) is 5.11 Å². The highest BCUT2D eigenvalue weighted by Gasteiger charge is 2.24. The molecular formula is C14H17BrN2O3. The smallest absolute Gasteiger partial charge is 0.337 e. The van der Waals surface area contributed by atoms with E-state index >= 15 is 0 Å². The summed E-state index contributed by atoms with van der Waals surface area (Å²) in [5.41, 5.74) is 0.377. The maximum absolute atomic E-state index is 12.2. The van der Waals surface area contributed by atoms with Crippen molar-refractivity contribution in [2.75, 3.05) is 12.4 Å². The number of aromatic carboxylic acids is 1. The van der Waals surface area contributed by atoms with Crippen LogP contribution in [0.3, 0.4) is 0 Å². The van der Waals surface area contributed by atoms with Crippen LogP contribution < -0.4 is 5.32 Å². The highest BCUT2D eigenvalue weighted by atomic mass is 79.9. The Labute approximate surface area is 126 Å². The third-order valence-corrected chi connectivity index (χ3v) is 4.33. The van der Waals surface area contributed by atoms with Gasteiger partial charge in [0.1, 0.15) is 0 Å². The first kappa shape index (κ1) is 14.8. The Balaban J connectivity index is 2.16. The molecular weight excluding hydrogens is 324 g/mol. The summed E-state index contributed by atoms with van der Waals surface area (Å²) in [6.07, 6.45) is 4.28. The molecule has 2 amide bonds. The van der Waals surface area contributed by atoms with Crippen molar-refractivity contribution in [2.24, 2.45) is 0 Å². The molecule has 0 aliphatic heterocycles. The lowest BCUT2D eigenvalue weighted by Crippen LogP contribution is -2.38. The number of carboxylic acids is 1. The molecule has 1 aromatic carbocycles. The maximum atomic E-state index is 12.2. The average Bonchev–Trinajstić information content (AvgIpc) is 2.93. The van der Waals surface area contributed by atoms with Gasteiger partial charge in [-0.15, -0.1) is 0 Å². The van der Waals surface area contributed by atoms with Crippen LogP contribution >= 0.6 is 15.9 Å². The van der Waals surface area contributed by atoms with Gasteiger partial charge in [0.25, 0.3) is 0 Å². The zero-order valence-corrected chi connectivity index (χ0v) is 12.8. The molecule has 1 saturated carbocycles. The number of nitrogens with zero attached hydrogens (tertiary/aromatic N) is 1.